The molecule has 16 heavy (non-hydrogen) atoms. The zero-order valence-corrected chi connectivity index (χ0v) is 9.65. The number of hydrogen-bond acceptors (Lipinski definition) is 3. The molecule has 2 aliphatic heterocycles. The Morgan fingerprint density at radius 1 is 1.44 bits per heavy atom. The first-order valence-corrected chi connectivity index (χ1v) is 5.88. The molecule has 90 valence electrons. The lowest BCUT2D eigenvalue weighted by atomic mass is 10.3. The van der Waals surface area contributed by atoms with E-state index in [1.807, 2.05) is 11.8 Å². The van der Waals surface area contributed by atoms with Crippen molar-refractivity contribution in [1.82, 2.24) is 9.80 Å². The van der Waals surface area contributed by atoms with Crippen molar-refractivity contribution in [1.29, 1.82) is 0 Å². The maximum Gasteiger partial charge on any atom is 0.224 e. The van der Waals surface area contributed by atoms with E-state index in [0.29, 0.717) is 39.0 Å². The molecule has 2 aliphatic rings. The van der Waals surface area contributed by atoms with Gasteiger partial charge in [-0.3, -0.25) is 9.59 Å². The summed E-state index contributed by atoms with van der Waals surface area (Å²) in [6.45, 7) is 5.17. The fourth-order valence-electron chi connectivity index (χ4n) is 1.95. The van der Waals surface area contributed by atoms with Gasteiger partial charge in [-0.05, 0) is 0 Å². The fraction of sp³-hybridized carbons (Fsp3) is 0.818. The van der Waals surface area contributed by atoms with Crippen LogP contribution in [0, 0.1) is 0 Å². The Kier molecular flexibility index (Phi) is 3.43. The average Bonchev–Trinajstić information content (AvgIpc) is 3.10. The van der Waals surface area contributed by atoms with Gasteiger partial charge in [-0.15, -0.1) is 0 Å². The second-order valence-electron chi connectivity index (χ2n) is 4.28. The third-order valence-electron chi connectivity index (χ3n) is 3.07. The Bertz CT molecular complexity index is 289. The number of epoxide rings is 1. The number of carbonyl (C=O) groups excluding carboxylic acids is 2. The first-order chi connectivity index (χ1) is 7.70. The SMILES string of the molecule is CCC(=O)N1CCC(=O)N(CC2CO2)CC1. The summed E-state index contributed by atoms with van der Waals surface area (Å²) < 4.78 is 5.12. The molecule has 0 bridgehead atoms. The highest BCUT2D eigenvalue weighted by Gasteiger charge is 2.30. The van der Waals surface area contributed by atoms with Crippen LogP contribution in [-0.4, -0.2) is 60.5 Å². The van der Waals surface area contributed by atoms with E-state index < -0.39 is 0 Å². The number of carbonyl (C=O) groups is 2. The fourth-order valence-corrected chi connectivity index (χ4v) is 1.95. The van der Waals surface area contributed by atoms with E-state index in [2.05, 4.69) is 0 Å². The summed E-state index contributed by atoms with van der Waals surface area (Å²) in [6.07, 6.45) is 1.19. The first kappa shape index (κ1) is 11.4. The van der Waals surface area contributed by atoms with Gasteiger partial charge in [-0.25, -0.2) is 0 Å². The summed E-state index contributed by atoms with van der Waals surface area (Å²) in [5, 5.41) is 0. The molecule has 0 spiro atoms. The molecule has 0 radical (unpaired) electrons. The molecule has 2 saturated heterocycles. The lowest BCUT2D eigenvalue weighted by Gasteiger charge is -2.21. The van der Waals surface area contributed by atoms with Gasteiger partial charge in [0.2, 0.25) is 11.8 Å². The van der Waals surface area contributed by atoms with Crippen molar-refractivity contribution >= 4 is 11.8 Å². The van der Waals surface area contributed by atoms with Crippen LogP contribution in [-0.2, 0) is 14.3 Å². The van der Waals surface area contributed by atoms with Crippen molar-refractivity contribution in [3.8, 4) is 0 Å². The minimum atomic E-state index is 0.136. The smallest absolute Gasteiger partial charge is 0.224 e. The highest BCUT2D eigenvalue weighted by atomic mass is 16.6. The van der Waals surface area contributed by atoms with Crippen molar-refractivity contribution in [2.75, 3.05) is 32.8 Å². The van der Waals surface area contributed by atoms with Gasteiger partial charge in [-0.2, -0.15) is 0 Å². The number of hydrogen-bond donors (Lipinski definition) is 0. The molecular weight excluding hydrogens is 208 g/mol. The van der Waals surface area contributed by atoms with Crippen LogP contribution < -0.4 is 0 Å². The van der Waals surface area contributed by atoms with Crippen molar-refractivity contribution in [3.63, 3.8) is 0 Å². The number of nitrogens with zero attached hydrogens (tertiary/aromatic N) is 2. The molecule has 0 saturated carbocycles. The van der Waals surface area contributed by atoms with Crippen molar-refractivity contribution in [2.45, 2.75) is 25.9 Å². The van der Waals surface area contributed by atoms with E-state index in [0.717, 1.165) is 6.61 Å². The molecular formula is C11H18N2O3. The standard InChI is InChI=1S/C11H18N2O3/c1-2-10(14)12-4-3-11(15)13(6-5-12)7-9-8-16-9/h9H,2-8H2,1H3. The predicted molar refractivity (Wildman–Crippen MR) is 57.8 cm³/mol. The van der Waals surface area contributed by atoms with Crippen LogP contribution in [0.1, 0.15) is 19.8 Å². The van der Waals surface area contributed by atoms with Crippen molar-refractivity contribution in [2.24, 2.45) is 0 Å². The van der Waals surface area contributed by atoms with Gasteiger partial charge >= 0.3 is 0 Å². The van der Waals surface area contributed by atoms with Crippen LogP contribution >= 0.6 is 0 Å². The molecule has 2 rings (SSSR count). The largest absolute Gasteiger partial charge is 0.371 e. The zero-order chi connectivity index (χ0) is 11.5. The van der Waals surface area contributed by atoms with E-state index in [4.69, 9.17) is 4.74 Å². The molecule has 2 fully saturated rings. The lowest BCUT2D eigenvalue weighted by molar-refractivity contribution is -0.130. The van der Waals surface area contributed by atoms with Crippen LogP contribution in [0.3, 0.4) is 0 Å². The Balaban J connectivity index is 1.89. The maximum atomic E-state index is 11.8. The first-order valence-electron chi connectivity index (χ1n) is 5.88. The molecule has 2 amide bonds. The molecule has 0 aromatic heterocycles. The van der Waals surface area contributed by atoms with E-state index in [9.17, 15) is 9.59 Å². The molecule has 5 nitrogen and oxygen atoms in total. The van der Waals surface area contributed by atoms with E-state index in [-0.39, 0.29) is 17.9 Å². The summed E-state index contributed by atoms with van der Waals surface area (Å²) >= 11 is 0. The Morgan fingerprint density at radius 3 is 2.81 bits per heavy atom. The molecule has 2 heterocycles. The van der Waals surface area contributed by atoms with Crippen LogP contribution in [0.5, 0.6) is 0 Å². The van der Waals surface area contributed by atoms with Gasteiger partial charge in [-0.1, -0.05) is 6.92 Å². The summed E-state index contributed by atoms with van der Waals surface area (Å²) in [5.74, 6) is 0.277. The number of rotatable bonds is 3. The van der Waals surface area contributed by atoms with Gasteiger partial charge in [0.25, 0.3) is 0 Å². The predicted octanol–water partition coefficient (Wildman–Crippen LogP) is -0.144. The van der Waals surface area contributed by atoms with E-state index >= 15 is 0 Å². The van der Waals surface area contributed by atoms with Gasteiger partial charge in [0.15, 0.2) is 0 Å². The molecule has 5 heteroatoms. The maximum absolute atomic E-state index is 11.8. The topological polar surface area (TPSA) is 53.2 Å². The van der Waals surface area contributed by atoms with Crippen LogP contribution in [0.15, 0.2) is 0 Å². The zero-order valence-electron chi connectivity index (χ0n) is 9.65. The molecule has 0 aliphatic carbocycles. The third kappa shape index (κ3) is 2.72. The van der Waals surface area contributed by atoms with E-state index in [1.165, 1.54) is 0 Å². The summed E-state index contributed by atoms with van der Waals surface area (Å²) in [6, 6.07) is 0. The summed E-state index contributed by atoms with van der Waals surface area (Å²) in [7, 11) is 0. The highest BCUT2D eigenvalue weighted by molar-refractivity contribution is 5.80. The van der Waals surface area contributed by atoms with Gasteiger partial charge in [0.1, 0.15) is 0 Å². The van der Waals surface area contributed by atoms with E-state index in [1.54, 1.807) is 4.90 Å². The normalized spacial score (nSPS) is 25.6. The summed E-state index contributed by atoms with van der Waals surface area (Å²) in [4.78, 5) is 26.9. The van der Waals surface area contributed by atoms with Crippen LogP contribution in [0.25, 0.3) is 0 Å². The number of amides is 2. The average molecular weight is 226 g/mol. The Labute approximate surface area is 95.3 Å². The van der Waals surface area contributed by atoms with Crippen molar-refractivity contribution in [3.05, 3.63) is 0 Å². The lowest BCUT2D eigenvalue weighted by Crippen LogP contribution is -2.37. The van der Waals surface area contributed by atoms with Gasteiger partial charge in [0, 0.05) is 39.0 Å². The minimum Gasteiger partial charge on any atom is -0.371 e. The second kappa shape index (κ2) is 4.82. The quantitative estimate of drug-likeness (QED) is 0.629. The Morgan fingerprint density at radius 2 is 2.19 bits per heavy atom. The van der Waals surface area contributed by atoms with Crippen LogP contribution in [0.2, 0.25) is 0 Å². The minimum absolute atomic E-state index is 0.136. The van der Waals surface area contributed by atoms with Crippen LogP contribution in [0.4, 0.5) is 0 Å². The Hall–Kier alpha value is -1.10. The molecule has 0 N–H and O–H groups in total. The molecule has 0 aromatic rings. The third-order valence-corrected chi connectivity index (χ3v) is 3.07. The monoisotopic (exact) mass is 226 g/mol. The molecule has 1 unspecified atom stereocenters. The highest BCUT2D eigenvalue weighted by Crippen LogP contribution is 2.13. The summed E-state index contributed by atoms with van der Waals surface area (Å²) in [5.41, 5.74) is 0. The molecule has 0 aromatic carbocycles. The molecule has 1 atom stereocenters. The van der Waals surface area contributed by atoms with Gasteiger partial charge in [0.05, 0.1) is 12.7 Å². The second-order valence-corrected chi connectivity index (χ2v) is 4.28. The number of ether oxygens (including phenoxy) is 1. The van der Waals surface area contributed by atoms with Crippen molar-refractivity contribution < 1.29 is 14.3 Å². The van der Waals surface area contributed by atoms with Gasteiger partial charge < -0.3 is 14.5 Å².